The molecule has 0 aromatic carbocycles. The fourth-order valence-electron chi connectivity index (χ4n) is 5.25. The van der Waals surface area contributed by atoms with Crippen molar-refractivity contribution in [2.45, 2.75) is 57.0 Å². The van der Waals surface area contributed by atoms with Crippen molar-refractivity contribution in [3.05, 3.63) is 0 Å². The van der Waals surface area contributed by atoms with Gasteiger partial charge in [0.25, 0.3) is 0 Å². The molecule has 0 aliphatic carbocycles. The zero-order valence-corrected chi connectivity index (χ0v) is 13.7. The average molecular weight is 362 g/mol. The van der Waals surface area contributed by atoms with E-state index in [1.807, 2.05) is 0 Å². The third-order valence-electron chi connectivity index (χ3n) is 5.96. The van der Waals surface area contributed by atoms with Crippen LogP contribution >= 0.6 is 24.0 Å². The number of fused-ring (bicyclic) bond motifs is 6. The summed E-state index contributed by atoms with van der Waals surface area (Å²) in [5, 5.41) is 0. The number of hydrogen-bond acceptors (Lipinski definition) is 2. The fraction of sp³-hybridized carbons (Fsp3) is 1.00. The Hall–Kier alpha value is 0.650. The molecule has 0 amide bonds. The Morgan fingerprint density at radius 1 is 0.667 bits per heavy atom. The predicted molar refractivity (Wildman–Crippen MR) is 85.4 cm³/mol. The fourth-order valence-corrected chi connectivity index (χ4v) is 5.25. The molecule has 2 nitrogen and oxygen atoms in total. The van der Waals surface area contributed by atoms with Gasteiger partial charge in [-0.15, -0.1) is 24.0 Å². The van der Waals surface area contributed by atoms with Crippen LogP contribution in [-0.4, -0.2) is 48.1 Å². The summed E-state index contributed by atoms with van der Waals surface area (Å²) in [4.78, 5) is 5.74. The highest BCUT2D eigenvalue weighted by Crippen LogP contribution is 2.42. The number of nitrogens with zero attached hydrogens (tertiary/aromatic N) is 2. The van der Waals surface area contributed by atoms with Gasteiger partial charge < -0.3 is 0 Å². The Morgan fingerprint density at radius 2 is 1.17 bits per heavy atom. The zero-order valence-electron chi connectivity index (χ0n) is 11.4. The minimum atomic E-state index is 0. The lowest BCUT2D eigenvalue weighted by Crippen LogP contribution is -2.63. The molecular formula is C15H27IN2. The summed E-state index contributed by atoms with van der Waals surface area (Å²) >= 11 is 0. The van der Waals surface area contributed by atoms with E-state index in [2.05, 4.69) is 9.80 Å². The van der Waals surface area contributed by atoms with Crippen LogP contribution in [0.5, 0.6) is 0 Å². The quantitative estimate of drug-likeness (QED) is 0.612. The monoisotopic (exact) mass is 362 g/mol. The molecule has 104 valence electrons. The van der Waals surface area contributed by atoms with E-state index in [1.165, 1.54) is 64.7 Å². The molecule has 18 heavy (non-hydrogen) atoms. The molecule has 0 aromatic heterocycles. The first kappa shape index (κ1) is 13.6. The van der Waals surface area contributed by atoms with Crippen molar-refractivity contribution in [2.24, 2.45) is 11.8 Å². The van der Waals surface area contributed by atoms with Crippen molar-refractivity contribution in [2.75, 3.05) is 26.2 Å². The van der Waals surface area contributed by atoms with Gasteiger partial charge in [-0.05, 0) is 57.0 Å². The highest BCUT2D eigenvalue weighted by atomic mass is 127. The third-order valence-corrected chi connectivity index (χ3v) is 5.96. The van der Waals surface area contributed by atoms with Gasteiger partial charge in [0.2, 0.25) is 0 Å². The maximum absolute atomic E-state index is 2.87. The molecule has 4 atom stereocenters. The molecule has 0 unspecified atom stereocenters. The largest absolute Gasteiger partial charge is 0.300 e. The first-order valence-electron chi connectivity index (χ1n) is 7.90. The van der Waals surface area contributed by atoms with Gasteiger partial charge in [0.1, 0.15) is 0 Å². The minimum Gasteiger partial charge on any atom is -0.300 e. The smallest absolute Gasteiger partial charge is 0.0136 e. The van der Waals surface area contributed by atoms with Crippen LogP contribution in [-0.2, 0) is 0 Å². The molecule has 0 radical (unpaired) electrons. The van der Waals surface area contributed by atoms with E-state index in [-0.39, 0.29) is 24.0 Å². The Morgan fingerprint density at radius 3 is 1.67 bits per heavy atom. The predicted octanol–water partition coefficient (Wildman–Crippen LogP) is 2.96. The first-order chi connectivity index (χ1) is 8.42. The van der Waals surface area contributed by atoms with Crippen LogP contribution < -0.4 is 0 Å². The highest BCUT2D eigenvalue weighted by molar-refractivity contribution is 14.0. The van der Waals surface area contributed by atoms with Gasteiger partial charge in [0, 0.05) is 25.2 Å². The summed E-state index contributed by atoms with van der Waals surface area (Å²) in [6, 6.07) is 1.92. The summed E-state index contributed by atoms with van der Waals surface area (Å²) < 4.78 is 0. The molecule has 4 saturated heterocycles. The van der Waals surface area contributed by atoms with Gasteiger partial charge in [-0.2, -0.15) is 0 Å². The minimum absolute atomic E-state index is 0. The lowest BCUT2D eigenvalue weighted by Gasteiger charge is -2.57. The van der Waals surface area contributed by atoms with Crippen molar-refractivity contribution in [1.82, 2.24) is 9.80 Å². The standard InChI is InChI=1S/C15H26N2.HI/c1-3-7-16-11-13-9-12(14(16)5-1)10-17-8-4-2-6-15(13)17;/h12-15H,1-11H2;1H/t12-,13-,14-,15-;/m0./s1. The van der Waals surface area contributed by atoms with Crippen LogP contribution in [0, 0.1) is 11.8 Å². The highest BCUT2D eigenvalue weighted by Gasteiger charge is 2.46. The topological polar surface area (TPSA) is 6.48 Å². The van der Waals surface area contributed by atoms with E-state index >= 15 is 0 Å². The molecule has 4 fully saturated rings. The van der Waals surface area contributed by atoms with Crippen LogP contribution in [0.2, 0.25) is 0 Å². The van der Waals surface area contributed by atoms with Gasteiger partial charge in [-0.3, -0.25) is 9.80 Å². The summed E-state index contributed by atoms with van der Waals surface area (Å²) in [6.07, 6.45) is 10.5. The zero-order chi connectivity index (χ0) is 11.2. The molecular weight excluding hydrogens is 335 g/mol. The summed E-state index contributed by atoms with van der Waals surface area (Å²) in [6.45, 7) is 5.68. The van der Waals surface area contributed by atoms with Gasteiger partial charge >= 0.3 is 0 Å². The first-order valence-corrected chi connectivity index (χ1v) is 7.90. The molecule has 3 heteroatoms. The Balaban J connectivity index is 0.000001000. The summed E-state index contributed by atoms with van der Waals surface area (Å²) in [5.41, 5.74) is 0. The Labute approximate surface area is 128 Å². The van der Waals surface area contributed by atoms with Crippen molar-refractivity contribution < 1.29 is 0 Å². The molecule has 4 aliphatic heterocycles. The molecule has 4 heterocycles. The lowest BCUT2D eigenvalue weighted by molar-refractivity contribution is -0.0718. The molecule has 0 spiro atoms. The normalized spacial score (nSPS) is 44.7. The van der Waals surface area contributed by atoms with E-state index in [0.29, 0.717) is 0 Å². The van der Waals surface area contributed by atoms with Crippen LogP contribution in [0.4, 0.5) is 0 Å². The van der Waals surface area contributed by atoms with Crippen LogP contribution in [0.15, 0.2) is 0 Å². The maximum Gasteiger partial charge on any atom is 0.0136 e. The van der Waals surface area contributed by atoms with E-state index in [1.54, 1.807) is 6.42 Å². The number of hydrogen-bond donors (Lipinski definition) is 0. The van der Waals surface area contributed by atoms with Gasteiger partial charge in [0.05, 0.1) is 0 Å². The molecule has 2 bridgehead atoms. The summed E-state index contributed by atoms with van der Waals surface area (Å²) in [7, 11) is 0. The molecule has 0 aromatic rings. The third kappa shape index (κ3) is 2.24. The second-order valence-corrected chi connectivity index (χ2v) is 6.87. The van der Waals surface area contributed by atoms with E-state index < -0.39 is 0 Å². The van der Waals surface area contributed by atoms with E-state index in [4.69, 9.17) is 0 Å². The molecule has 0 N–H and O–H groups in total. The lowest BCUT2D eigenvalue weighted by atomic mass is 9.71. The van der Waals surface area contributed by atoms with Gasteiger partial charge in [-0.1, -0.05) is 12.8 Å². The number of rotatable bonds is 0. The second-order valence-electron chi connectivity index (χ2n) is 6.87. The number of piperidine rings is 4. The molecule has 4 rings (SSSR count). The SMILES string of the molecule is C1CCN2C[C@@H]3C[C@@H](CN4CCCC[C@@H]34)[C@@H]2C1.I. The van der Waals surface area contributed by atoms with Crippen molar-refractivity contribution in [3.63, 3.8) is 0 Å². The van der Waals surface area contributed by atoms with Gasteiger partial charge in [0.15, 0.2) is 0 Å². The number of halogens is 1. The maximum atomic E-state index is 2.87. The van der Waals surface area contributed by atoms with Crippen molar-refractivity contribution >= 4 is 24.0 Å². The van der Waals surface area contributed by atoms with Crippen molar-refractivity contribution in [1.29, 1.82) is 0 Å². The molecule has 4 aliphatic rings. The Bertz CT molecular complexity index is 268. The van der Waals surface area contributed by atoms with Crippen LogP contribution in [0.1, 0.15) is 44.9 Å². The Kier molecular flexibility index (Phi) is 4.21. The average Bonchev–Trinajstić information content (AvgIpc) is 2.39. The van der Waals surface area contributed by atoms with E-state index in [9.17, 15) is 0 Å². The van der Waals surface area contributed by atoms with Crippen molar-refractivity contribution in [3.8, 4) is 0 Å². The van der Waals surface area contributed by atoms with Crippen LogP contribution in [0.3, 0.4) is 0 Å². The molecule has 0 saturated carbocycles. The van der Waals surface area contributed by atoms with Crippen LogP contribution in [0.25, 0.3) is 0 Å². The van der Waals surface area contributed by atoms with Gasteiger partial charge in [-0.25, -0.2) is 0 Å². The van der Waals surface area contributed by atoms with E-state index in [0.717, 1.165) is 23.9 Å². The second kappa shape index (κ2) is 5.57. The summed E-state index contributed by atoms with van der Waals surface area (Å²) in [5.74, 6) is 2.03.